The van der Waals surface area contributed by atoms with Gasteiger partial charge in [0.25, 0.3) is 0 Å². The normalized spacial score (nSPS) is 16.6. The van der Waals surface area contributed by atoms with Crippen molar-refractivity contribution < 1.29 is 0 Å². The van der Waals surface area contributed by atoms with Crippen LogP contribution in [0.3, 0.4) is 0 Å². The number of rotatable bonds is 1. The van der Waals surface area contributed by atoms with Gasteiger partial charge in [0, 0.05) is 33.2 Å². The zero-order chi connectivity index (χ0) is 12.3. The molecule has 1 aliphatic rings. The van der Waals surface area contributed by atoms with Crippen LogP contribution in [-0.4, -0.2) is 47.4 Å². The van der Waals surface area contributed by atoms with Crippen LogP contribution < -0.4 is 5.32 Å². The monoisotopic (exact) mass is 232 g/mol. The second-order valence-corrected chi connectivity index (χ2v) is 4.50. The molecule has 0 aliphatic carbocycles. The van der Waals surface area contributed by atoms with Gasteiger partial charge in [-0.05, 0) is 13.8 Å². The van der Waals surface area contributed by atoms with Crippen LogP contribution in [0.1, 0.15) is 17.0 Å². The Morgan fingerprint density at radius 3 is 2.59 bits per heavy atom. The average Bonchev–Trinajstić information content (AvgIpc) is 2.57. The lowest BCUT2D eigenvalue weighted by Gasteiger charge is -2.24. The molecule has 1 aromatic heterocycles. The number of hydrogen-bond donors (Lipinski definition) is 1. The van der Waals surface area contributed by atoms with E-state index < -0.39 is 0 Å². The topological polar surface area (TPSA) is 33.1 Å². The van der Waals surface area contributed by atoms with Gasteiger partial charge < -0.3 is 5.32 Å². The molecule has 0 saturated carbocycles. The van der Waals surface area contributed by atoms with Crippen LogP contribution >= 0.6 is 0 Å². The van der Waals surface area contributed by atoms with Gasteiger partial charge in [-0.15, -0.1) is 0 Å². The summed E-state index contributed by atoms with van der Waals surface area (Å²) < 4.78 is 1.89. The van der Waals surface area contributed by atoms with Gasteiger partial charge in [0.05, 0.1) is 23.5 Å². The first-order chi connectivity index (χ1) is 8.18. The zero-order valence-corrected chi connectivity index (χ0v) is 10.9. The molecule has 92 valence electrons. The SMILES string of the molecule is Cc1nn(C)c(C)c1C#CCN1CCNCC1. The summed E-state index contributed by atoms with van der Waals surface area (Å²) in [5.74, 6) is 6.52. The van der Waals surface area contributed by atoms with E-state index in [1.54, 1.807) is 0 Å². The standard InChI is InChI=1S/C13H20N4/c1-11-13(12(2)16(3)15-11)5-4-8-17-9-6-14-7-10-17/h14H,6-10H2,1-3H3. The Hall–Kier alpha value is -1.31. The molecule has 1 saturated heterocycles. The fourth-order valence-corrected chi connectivity index (χ4v) is 2.06. The smallest absolute Gasteiger partial charge is 0.0752 e. The third-order valence-corrected chi connectivity index (χ3v) is 3.23. The van der Waals surface area contributed by atoms with Gasteiger partial charge in [0.15, 0.2) is 0 Å². The molecule has 4 heteroatoms. The van der Waals surface area contributed by atoms with Crippen molar-refractivity contribution in [1.82, 2.24) is 20.0 Å². The van der Waals surface area contributed by atoms with Gasteiger partial charge in [-0.2, -0.15) is 5.10 Å². The highest BCUT2D eigenvalue weighted by molar-refractivity contribution is 5.41. The molecule has 4 nitrogen and oxygen atoms in total. The molecular weight excluding hydrogens is 212 g/mol. The summed E-state index contributed by atoms with van der Waals surface area (Å²) >= 11 is 0. The van der Waals surface area contributed by atoms with Gasteiger partial charge in [-0.25, -0.2) is 0 Å². The first kappa shape index (κ1) is 12.2. The number of aromatic nitrogens is 2. The van der Waals surface area contributed by atoms with Crippen LogP contribution in [0, 0.1) is 25.7 Å². The summed E-state index contributed by atoms with van der Waals surface area (Å²) in [5.41, 5.74) is 3.26. The fraction of sp³-hybridized carbons (Fsp3) is 0.615. The predicted octanol–water partition coefficient (Wildman–Crippen LogP) is 0.294. The minimum Gasteiger partial charge on any atom is -0.314 e. The molecule has 0 unspecified atom stereocenters. The molecule has 0 atom stereocenters. The van der Waals surface area contributed by atoms with Gasteiger partial charge in [0.2, 0.25) is 0 Å². The average molecular weight is 232 g/mol. The van der Waals surface area contributed by atoms with Crippen molar-refractivity contribution in [3.8, 4) is 11.8 Å². The van der Waals surface area contributed by atoms with Gasteiger partial charge in [-0.1, -0.05) is 11.8 Å². The van der Waals surface area contributed by atoms with E-state index in [1.165, 1.54) is 0 Å². The van der Waals surface area contributed by atoms with Gasteiger partial charge in [0.1, 0.15) is 0 Å². The molecule has 2 rings (SSSR count). The summed E-state index contributed by atoms with van der Waals surface area (Å²) in [6.07, 6.45) is 0. The lowest BCUT2D eigenvalue weighted by atomic mass is 10.2. The van der Waals surface area contributed by atoms with Crippen LogP contribution in [0.4, 0.5) is 0 Å². The Labute approximate surface area is 103 Å². The van der Waals surface area contributed by atoms with Crippen molar-refractivity contribution in [2.45, 2.75) is 13.8 Å². The van der Waals surface area contributed by atoms with E-state index in [4.69, 9.17) is 0 Å². The largest absolute Gasteiger partial charge is 0.314 e. The third kappa shape index (κ3) is 2.87. The van der Waals surface area contributed by atoms with E-state index in [-0.39, 0.29) is 0 Å². The molecule has 1 fully saturated rings. The first-order valence-electron chi connectivity index (χ1n) is 6.10. The Morgan fingerprint density at radius 1 is 1.29 bits per heavy atom. The summed E-state index contributed by atoms with van der Waals surface area (Å²) in [7, 11) is 1.96. The van der Waals surface area contributed by atoms with Crippen LogP contribution in [-0.2, 0) is 7.05 Å². The first-order valence-corrected chi connectivity index (χ1v) is 6.10. The maximum absolute atomic E-state index is 4.37. The van der Waals surface area contributed by atoms with Crippen LogP contribution in [0.15, 0.2) is 0 Å². The quantitative estimate of drug-likeness (QED) is 0.707. The molecule has 0 aromatic carbocycles. The van der Waals surface area contributed by atoms with E-state index in [9.17, 15) is 0 Å². The minimum atomic E-state index is 0.857. The molecule has 1 aromatic rings. The Bertz CT molecular complexity index is 444. The molecule has 1 N–H and O–H groups in total. The molecule has 17 heavy (non-hydrogen) atoms. The van der Waals surface area contributed by atoms with Crippen LogP contribution in [0.5, 0.6) is 0 Å². The van der Waals surface area contributed by atoms with E-state index in [0.717, 1.165) is 49.7 Å². The Balaban J connectivity index is 2.00. The predicted molar refractivity (Wildman–Crippen MR) is 68.9 cm³/mol. The van der Waals surface area contributed by atoms with Crippen molar-refractivity contribution in [2.24, 2.45) is 7.05 Å². The molecule has 0 bridgehead atoms. The van der Waals surface area contributed by atoms with Crippen molar-refractivity contribution in [1.29, 1.82) is 0 Å². The molecule has 0 amide bonds. The highest BCUT2D eigenvalue weighted by atomic mass is 15.3. The fourth-order valence-electron chi connectivity index (χ4n) is 2.06. The van der Waals surface area contributed by atoms with Crippen molar-refractivity contribution in [2.75, 3.05) is 32.7 Å². The van der Waals surface area contributed by atoms with Crippen LogP contribution in [0.25, 0.3) is 0 Å². The van der Waals surface area contributed by atoms with E-state index in [0.29, 0.717) is 0 Å². The summed E-state index contributed by atoms with van der Waals surface area (Å²) in [5, 5.41) is 7.71. The third-order valence-electron chi connectivity index (χ3n) is 3.23. The highest BCUT2D eigenvalue weighted by Crippen LogP contribution is 2.09. The molecule has 0 spiro atoms. The van der Waals surface area contributed by atoms with Crippen molar-refractivity contribution in [3.05, 3.63) is 17.0 Å². The number of piperazine rings is 1. The number of nitrogens with zero attached hydrogens (tertiary/aromatic N) is 3. The highest BCUT2D eigenvalue weighted by Gasteiger charge is 2.08. The number of aryl methyl sites for hydroxylation is 2. The summed E-state index contributed by atoms with van der Waals surface area (Å²) in [4.78, 5) is 2.38. The lowest BCUT2D eigenvalue weighted by Crippen LogP contribution is -2.43. The maximum atomic E-state index is 4.37. The Morgan fingerprint density at radius 2 is 2.00 bits per heavy atom. The van der Waals surface area contributed by atoms with E-state index in [2.05, 4.69) is 34.1 Å². The molecule has 1 aliphatic heterocycles. The second-order valence-electron chi connectivity index (χ2n) is 4.50. The Kier molecular flexibility index (Phi) is 3.82. The minimum absolute atomic E-state index is 0.857. The molecule has 2 heterocycles. The number of hydrogen-bond acceptors (Lipinski definition) is 3. The van der Waals surface area contributed by atoms with Crippen LogP contribution in [0.2, 0.25) is 0 Å². The van der Waals surface area contributed by atoms with E-state index >= 15 is 0 Å². The van der Waals surface area contributed by atoms with E-state index in [1.807, 2.05) is 18.7 Å². The summed E-state index contributed by atoms with van der Waals surface area (Å²) in [6.45, 7) is 9.28. The second kappa shape index (κ2) is 5.35. The zero-order valence-electron chi connectivity index (χ0n) is 10.9. The van der Waals surface area contributed by atoms with Crippen molar-refractivity contribution in [3.63, 3.8) is 0 Å². The number of nitrogens with one attached hydrogen (secondary N) is 1. The lowest BCUT2D eigenvalue weighted by molar-refractivity contribution is 0.268. The molecule has 0 radical (unpaired) electrons. The molecular formula is C13H20N4. The van der Waals surface area contributed by atoms with Crippen molar-refractivity contribution >= 4 is 0 Å². The van der Waals surface area contributed by atoms with Gasteiger partial charge in [-0.3, -0.25) is 9.58 Å². The maximum Gasteiger partial charge on any atom is 0.0752 e. The summed E-state index contributed by atoms with van der Waals surface area (Å²) in [6, 6.07) is 0. The van der Waals surface area contributed by atoms with Gasteiger partial charge >= 0.3 is 0 Å².